The molecule has 1 aliphatic rings. The molecule has 0 spiro atoms. The highest BCUT2D eigenvalue weighted by atomic mass is 32.2. The molecule has 1 heterocycles. The number of hydrogen-bond donors (Lipinski definition) is 0. The number of hydrazone groups is 1. The summed E-state index contributed by atoms with van der Waals surface area (Å²) in [5, 5.41) is 7.24. The van der Waals surface area contributed by atoms with Gasteiger partial charge in [0.15, 0.2) is 5.17 Å². The topological polar surface area (TPSA) is 18.8 Å². The molecule has 0 aromatic rings. The molecule has 1 aliphatic heterocycles. The quantitative estimate of drug-likeness (QED) is 0.493. The Hall–Kier alpha value is -0.380. The van der Waals surface area contributed by atoms with Crippen molar-refractivity contribution in [2.24, 2.45) is 5.10 Å². The van der Waals surface area contributed by atoms with Crippen molar-refractivity contribution >= 4 is 16.9 Å². The Balaban J connectivity index is 2.57. The van der Waals surface area contributed by atoms with Crippen LogP contribution in [0.3, 0.4) is 0 Å². The number of hydrogen-bond acceptors (Lipinski definition) is 4. The van der Waals surface area contributed by atoms with Gasteiger partial charge in [-0.3, -0.25) is 5.01 Å². The molecule has 9 heavy (non-hydrogen) atoms. The molecule has 0 N–H and O–H groups in total. The Kier molecular flexibility index (Phi) is 1.85. The molecule has 0 bridgehead atoms. The summed E-state index contributed by atoms with van der Waals surface area (Å²) in [6.07, 6.45) is 2.04. The van der Waals surface area contributed by atoms with E-state index in [2.05, 4.69) is 10.0 Å². The maximum absolute atomic E-state index is 4.23. The third-order valence-electron chi connectivity index (χ3n) is 1.18. The van der Waals surface area contributed by atoms with Crippen molar-refractivity contribution in [3.8, 4) is 0 Å². The molecule has 0 atom stereocenters. The van der Waals surface area contributed by atoms with E-state index in [0.29, 0.717) is 0 Å². The van der Waals surface area contributed by atoms with Crippen LogP contribution in [0.25, 0.3) is 0 Å². The van der Waals surface area contributed by atoms with Gasteiger partial charge in [0.1, 0.15) is 6.67 Å². The first-order chi connectivity index (χ1) is 4.24. The Labute approximate surface area is 59.7 Å². The van der Waals surface area contributed by atoms with E-state index >= 15 is 0 Å². The van der Waals surface area contributed by atoms with Crippen LogP contribution >= 0.6 is 11.8 Å². The molecule has 0 fully saturated rings. The monoisotopic (exact) mass is 145 g/mol. The predicted octanol–water partition coefficient (Wildman–Crippen LogP) is 0.455. The SMILES string of the molecule is CSC1=NN(C)CN1C. The molecular formula is C5H11N3S. The maximum Gasteiger partial charge on any atom is 0.184 e. The van der Waals surface area contributed by atoms with Crippen molar-refractivity contribution in [1.82, 2.24) is 9.91 Å². The lowest BCUT2D eigenvalue weighted by Crippen LogP contribution is -2.23. The zero-order valence-corrected chi connectivity index (χ0v) is 6.77. The highest BCUT2D eigenvalue weighted by Crippen LogP contribution is 2.10. The standard InChI is InChI=1S/C5H11N3S/c1-7-4-8(2)6-5(7)9-3/h4H2,1-3H3. The van der Waals surface area contributed by atoms with Crippen LogP contribution in [0.5, 0.6) is 0 Å². The normalized spacial score (nSPS) is 18.8. The molecule has 52 valence electrons. The van der Waals surface area contributed by atoms with Crippen molar-refractivity contribution in [2.45, 2.75) is 0 Å². The first-order valence-electron chi connectivity index (χ1n) is 2.79. The van der Waals surface area contributed by atoms with Crippen LogP contribution in [0.4, 0.5) is 0 Å². The van der Waals surface area contributed by atoms with E-state index in [4.69, 9.17) is 0 Å². The summed E-state index contributed by atoms with van der Waals surface area (Å²) in [5.74, 6) is 0. The van der Waals surface area contributed by atoms with Gasteiger partial charge in [-0.05, 0) is 6.26 Å². The summed E-state index contributed by atoms with van der Waals surface area (Å²) in [7, 11) is 4.01. The zero-order valence-electron chi connectivity index (χ0n) is 5.96. The smallest absolute Gasteiger partial charge is 0.184 e. The maximum atomic E-state index is 4.23. The number of amidine groups is 1. The van der Waals surface area contributed by atoms with Crippen molar-refractivity contribution < 1.29 is 0 Å². The van der Waals surface area contributed by atoms with Crippen LogP contribution in [0, 0.1) is 0 Å². The van der Waals surface area contributed by atoms with Gasteiger partial charge >= 0.3 is 0 Å². The first kappa shape index (κ1) is 6.74. The average molecular weight is 145 g/mol. The fourth-order valence-corrected chi connectivity index (χ4v) is 1.41. The van der Waals surface area contributed by atoms with Gasteiger partial charge in [0.2, 0.25) is 0 Å². The highest BCUT2D eigenvalue weighted by Gasteiger charge is 2.14. The van der Waals surface area contributed by atoms with E-state index in [-0.39, 0.29) is 0 Å². The van der Waals surface area contributed by atoms with E-state index in [1.165, 1.54) is 0 Å². The summed E-state index contributed by atoms with van der Waals surface area (Å²) in [4.78, 5) is 2.12. The summed E-state index contributed by atoms with van der Waals surface area (Å²) >= 11 is 1.68. The number of rotatable bonds is 0. The second-order valence-corrected chi connectivity index (χ2v) is 2.86. The lowest BCUT2D eigenvalue weighted by Gasteiger charge is -2.10. The van der Waals surface area contributed by atoms with Crippen molar-refractivity contribution in [3.05, 3.63) is 0 Å². The van der Waals surface area contributed by atoms with E-state index in [1.807, 2.05) is 25.4 Å². The van der Waals surface area contributed by atoms with Gasteiger partial charge in [-0.25, -0.2) is 0 Å². The minimum Gasteiger partial charge on any atom is -0.334 e. The minimum atomic E-state index is 0.913. The molecule has 1 rings (SSSR count). The molecule has 3 nitrogen and oxygen atoms in total. The molecule has 0 radical (unpaired) electrons. The van der Waals surface area contributed by atoms with E-state index in [0.717, 1.165) is 11.8 Å². The predicted molar refractivity (Wildman–Crippen MR) is 41.3 cm³/mol. The average Bonchev–Trinajstić information content (AvgIpc) is 2.10. The van der Waals surface area contributed by atoms with Gasteiger partial charge in [0.25, 0.3) is 0 Å². The van der Waals surface area contributed by atoms with Gasteiger partial charge < -0.3 is 4.90 Å². The largest absolute Gasteiger partial charge is 0.334 e. The molecule has 0 saturated carbocycles. The van der Waals surface area contributed by atoms with Crippen LogP contribution in [0.1, 0.15) is 0 Å². The van der Waals surface area contributed by atoms with Gasteiger partial charge in [-0.15, -0.1) is 0 Å². The Bertz CT molecular complexity index is 134. The van der Waals surface area contributed by atoms with Crippen LogP contribution < -0.4 is 0 Å². The van der Waals surface area contributed by atoms with Gasteiger partial charge in [-0.1, -0.05) is 11.8 Å². The molecule has 0 unspecified atom stereocenters. The molecule has 0 amide bonds. The molecule has 0 aliphatic carbocycles. The summed E-state index contributed by atoms with van der Waals surface area (Å²) in [6.45, 7) is 0.913. The van der Waals surface area contributed by atoms with Crippen molar-refractivity contribution in [1.29, 1.82) is 0 Å². The first-order valence-corrected chi connectivity index (χ1v) is 4.01. The summed E-state index contributed by atoms with van der Waals surface area (Å²) in [5.41, 5.74) is 0. The van der Waals surface area contributed by atoms with Crippen LogP contribution in [-0.2, 0) is 0 Å². The van der Waals surface area contributed by atoms with Crippen molar-refractivity contribution in [3.63, 3.8) is 0 Å². The molecule has 0 aromatic carbocycles. The fourth-order valence-electron chi connectivity index (χ4n) is 0.818. The lowest BCUT2D eigenvalue weighted by atomic mass is 10.9. The zero-order chi connectivity index (χ0) is 6.85. The van der Waals surface area contributed by atoms with E-state index in [1.54, 1.807) is 11.8 Å². The number of nitrogens with zero attached hydrogens (tertiary/aromatic N) is 3. The van der Waals surface area contributed by atoms with Gasteiger partial charge in [-0.2, -0.15) is 5.10 Å². The van der Waals surface area contributed by atoms with E-state index < -0.39 is 0 Å². The third-order valence-corrected chi connectivity index (χ3v) is 1.94. The lowest BCUT2D eigenvalue weighted by molar-refractivity contribution is 0.303. The minimum absolute atomic E-state index is 0.913. The van der Waals surface area contributed by atoms with Gasteiger partial charge in [0.05, 0.1) is 0 Å². The second-order valence-electron chi connectivity index (χ2n) is 2.08. The molecular weight excluding hydrogens is 134 g/mol. The Morgan fingerprint density at radius 1 is 1.56 bits per heavy atom. The van der Waals surface area contributed by atoms with E-state index in [9.17, 15) is 0 Å². The highest BCUT2D eigenvalue weighted by molar-refractivity contribution is 8.13. The Morgan fingerprint density at radius 2 is 2.22 bits per heavy atom. The third kappa shape index (κ3) is 1.30. The van der Waals surface area contributed by atoms with Gasteiger partial charge in [0, 0.05) is 14.1 Å². The van der Waals surface area contributed by atoms with Crippen LogP contribution in [0.15, 0.2) is 5.10 Å². The Morgan fingerprint density at radius 3 is 2.44 bits per heavy atom. The summed E-state index contributed by atoms with van der Waals surface area (Å²) in [6, 6.07) is 0. The summed E-state index contributed by atoms with van der Waals surface area (Å²) < 4.78 is 0. The molecule has 0 saturated heterocycles. The van der Waals surface area contributed by atoms with Crippen LogP contribution in [0.2, 0.25) is 0 Å². The second kappa shape index (κ2) is 2.47. The fraction of sp³-hybridized carbons (Fsp3) is 0.800. The van der Waals surface area contributed by atoms with Crippen LogP contribution in [-0.4, -0.2) is 42.1 Å². The molecule has 4 heteroatoms. The molecule has 0 aromatic heterocycles. The van der Waals surface area contributed by atoms with Crippen molar-refractivity contribution in [2.75, 3.05) is 27.0 Å². The number of thioether (sulfide) groups is 1.